The highest BCUT2D eigenvalue weighted by molar-refractivity contribution is 6.05. The van der Waals surface area contributed by atoms with E-state index >= 15 is 0 Å². The molecule has 1 atom stereocenters. The quantitative estimate of drug-likeness (QED) is 0.548. The van der Waals surface area contributed by atoms with Crippen LogP contribution in [0.2, 0.25) is 0 Å². The van der Waals surface area contributed by atoms with E-state index in [4.69, 9.17) is 5.11 Å². The Hall–Kier alpha value is -3.68. The monoisotopic (exact) mass is 412 g/mol. The van der Waals surface area contributed by atoms with Gasteiger partial charge in [0, 0.05) is 10.8 Å². The maximum absolute atomic E-state index is 12.6. The molecule has 0 amide bonds. The molecular formula is C22H20O8. The second-order valence-corrected chi connectivity index (χ2v) is 8.06. The molecule has 0 aliphatic heterocycles. The summed E-state index contributed by atoms with van der Waals surface area (Å²) >= 11 is 0. The lowest BCUT2D eigenvalue weighted by atomic mass is 9.54. The Morgan fingerprint density at radius 2 is 1.13 bits per heavy atom. The number of carboxylic acid groups (broad SMARTS) is 4. The molecule has 0 heterocycles. The third-order valence-electron chi connectivity index (χ3n) is 6.52. The maximum Gasteiger partial charge on any atom is 0.335 e. The molecule has 0 bridgehead atoms. The topological polar surface area (TPSA) is 149 Å². The van der Waals surface area contributed by atoms with Gasteiger partial charge in [0.2, 0.25) is 0 Å². The molecule has 0 fully saturated rings. The summed E-state index contributed by atoms with van der Waals surface area (Å²) in [4.78, 5) is 48.1. The summed E-state index contributed by atoms with van der Waals surface area (Å²) < 4.78 is 0. The fourth-order valence-electron chi connectivity index (χ4n) is 5.04. The highest BCUT2D eigenvalue weighted by atomic mass is 16.4. The van der Waals surface area contributed by atoms with E-state index in [9.17, 15) is 34.5 Å². The average Bonchev–Trinajstić information content (AvgIpc) is 2.83. The van der Waals surface area contributed by atoms with Gasteiger partial charge < -0.3 is 20.4 Å². The predicted molar refractivity (Wildman–Crippen MR) is 104 cm³/mol. The zero-order valence-electron chi connectivity index (χ0n) is 16.5. The van der Waals surface area contributed by atoms with Crippen LogP contribution in [0.25, 0.3) is 0 Å². The summed E-state index contributed by atoms with van der Waals surface area (Å²) in [6.07, 6.45) is 0. The molecule has 156 valence electrons. The van der Waals surface area contributed by atoms with Crippen molar-refractivity contribution in [1.29, 1.82) is 0 Å². The van der Waals surface area contributed by atoms with Crippen molar-refractivity contribution in [3.63, 3.8) is 0 Å². The first-order valence-electron chi connectivity index (χ1n) is 9.02. The Balaban J connectivity index is 2.49. The molecule has 1 aliphatic rings. The van der Waals surface area contributed by atoms with E-state index in [1.165, 1.54) is 63.2 Å². The summed E-state index contributed by atoms with van der Waals surface area (Å²) in [5, 5.41) is 39.1. The number of benzene rings is 2. The third-order valence-corrected chi connectivity index (χ3v) is 6.52. The van der Waals surface area contributed by atoms with E-state index in [1.54, 1.807) is 0 Å². The Morgan fingerprint density at radius 3 is 1.57 bits per heavy atom. The standard InChI is InChI=1S/C22H20O8/c1-20(2)14-9-6-12(17(25)26)10-15(14)21(3,22(20,18(27)28)19(29)30)13-7-4-11(5-8-13)16(23)24/h4-10H,1-3H3,(H,23,24)(H,25,26)(H,27,28)(H,29,30). The van der Waals surface area contributed by atoms with E-state index in [2.05, 4.69) is 0 Å². The molecule has 0 saturated heterocycles. The van der Waals surface area contributed by atoms with Crippen molar-refractivity contribution in [2.24, 2.45) is 5.41 Å². The highest BCUT2D eigenvalue weighted by Gasteiger charge is 2.74. The lowest BCUT2D eigenvalue weighted by molar-refractivity contribution is -0.174. The summed E-state index contributed by atoms with van der Waals surface area (Å²) in [6, 6.07) is 9.36. The van der Waals surface area contributed by atoms with Crippen molar-refractivity contribution >= 4 is 23.9 Å². The first-order chi connectivity index (χ1) is 13.8. The number of hydrogen-bond donors (Lipinski definition) is 4. The second kappa shape index (κ2) is 6.41. The Morgan fingerprint density at radius 1 is 0.667 bits per heavy atom. The Kier molecular flexibility index (Phi) is 4.50. The van der Waals surface area contributed by atoms with E-state index in [-0.39, 0.29) is 22.3 Å². The Bertz CT molecular complexity index is 1080. The average molecular weight is 412 g/mol. The summed E-state index contributed by atoms with van der Waals surface area (Å²) in [6.45, 7) is 4.46. The van der Waals surface area contributed by atoms with Crippen LogP contribution in [0.4, 0.5) is 0 Å². The van der Waals surface area contributed by atoms with Crippen LogP contribution in [0.3, 0.4) is 0 Å². The van der Waals surface area contributed by atoms with Crippen LogP contribution in [0, 0.1) is 5.41 Å². The molecule has 0 aromatic heterocycles. The van der Waals surface area contributed by atoms with Crippen LogP contribution in [0.5, 0.6) is 0 Å². The Labute approximate surface area is 171 Å². The van der Waals surface area contributed by atoms with Gasteiger partial charge in [0.25, 0.3) is 0 Å². The number of hydrogen-bond acceptors (Lipinski definition) is 4. The molecular weight excluding hydrogens is 392 g/mol. The van der Waals surface area contributed by atoms with Gasteiger partial charge >= 0.3 is 23.9 Å². The minimum Gasteiger partial charge on any atom is -0.480 e. The van der Waals surface area contributed by atoms with Gasteiger partial charge in [-0.2, -0.15) is 0 Å². The molecule has 1 aliphatic carbocycles. The minimum atomic E-state index is -2.38. The molecule has 3 rings (SSSR count). The SMILES string of the molecule is CC1(C)c2ccc(C(=O)O)cc2C(C)(c2ccc(C(=O)O)cc2)C1(C(=O)O)C(=O)O. The van der Waals surface area contributed by atoms with Gasteiger partial charge in [0.1, 0.15) is 0 Å². The maximum atomic E-state index is 12.6. The van der Waals surface area contributed by atoms with E-state index < -0.39 is 40.1 Å². The van der Waals surface area contributed by atoms with Gasteiger partial charge in [-0.1, -0.05) is 32.0 Å². The summed E-state index contributed by atoms with van der Waals surface area (Å²) in [5.74, 6) is -5.56. The second-order valence-electron chi connectivity index (χ2n) is 8.06. The van der Waals surface area contributed by atoms with Crippen molar-refractivity contribution < 1.29 is 39.6 Å². The van der Waals surface area contributed by atoms with Crippen LogP contribution in [-0.2, 0) is 20.4 Å². The van der Waals surface area contributed by atoms with E-state index in [0.717, 1.165) is 0 Å². The lowest BCUT2D eigenvalue weighted by Crippen LogP contribution is -2.60. The van der Waals surface area contributed by atoms with E-state index in [0.29, 0.717) is 5.56 Å². The first-order valence-corrected chi connectivity index (χ1v) is 9.02. The molecule has 0 spiro atoms. The van der Waals surface area contributed by atoms with Crippen molar-refractivity contribution in [3.05, 3.63) is 70.3 Å². The van der Waals surface area contributed by atoms with Crippen LogP contribution in [0.15, 0.2) is 42.5 Å². The fraction of sp³-hybridized carbons (Fsp3) is 0.273. The number of carboxylic acids is 4. The number of aromatic carboxylic acids is 2. The molecule has 1 unspecified atom stereocenters. The van der Waals surface area contributed by atoms with E-state index in [1.807, 2.05) is 0 Å². The first kappa shape index (κ1) is 21.0. The molecule has 2 aromatic rings. The van der Waals surface area contributed by atoms with Crippen LogP contribution >= 0.6 is 0 Å². The predicted octanol–water partition coefficient (Wildman–Crippen LogP) is 2.84. The smallest absolute Gasteiger partial charge is 0.335 e. The van der Waals surface area contributed by atoms with Crippen molar-refractivity contribution in [2.45, 2.75) is 31.6 Å². The van der Waals surface area contributed by atoms with Gasteiger partial charge in [-0.25, -0.2) is 9.59 Å². The van der Waals surface area contributed by atoms with Gasteiger partial charge in [-0.3, -0.25) is 9.59 Å². The number of rotatable bonds is 5. The lowest BCUT2D eigenvalue weighted by Gasteiger charge is -2.44. The van der Waals surface area contributed by atoms with Crippen molar-refractivity contribution in [3.8, 4) is 0 Å². The number of aliphatic carboxylic acids is 2. The molecule has 8 nitrogen and oxygen atoms in total. The molecule has 0 radical (unpaired) electrons. The molecule has 2 aromatic carbocycles. The number of carbonyl (C=O) groups is 4. The molecule has 0 saturated carbocycles. The number of fused-ring (bicyclic) bond motifs is 1. The third kappa shape index (κ3) is 2.33. The van der Waals surface area contributed by atoms with Gasteiger partial charge in [0.15, 0.2) is 5.41 Å². The fourth-order valence-corrected chi connectivity index (χ4v) is 5.04. The molecule has 4 N–H and O–H groups in total. The zero-order valence-corrected chi connectivity index (χ0v) is 16.5. The highest BCUT2D eigenvalue weighted by Crippen LogP contribution is 2.64. The van der Waals surface area contributed by atoms with Gasteiger partial charge in [-0.05, 0) is 47.9 Å². The summed E-state index contributed by atoms with van der Waals surface area (Å²) in [7, 11) is 0. The normalized spacial score (nSPS) is 20.9. The van der Waals surface area contributed by atoms with Crippen molar-refractivity contribution in [1.82, 2.24) is 0 Å². The van der Waals surface area contributed by atoms with Gasteiger partial charge in [-0.15, -0.1) is 0 Å². The van der Waals surface area contributed by atoms with Gasteiger partial charge in [0.05, 0.1) is 11.1 Å². The van der Waals surface area contributed by atoms with Crippen LogP contribution in [-0.4, -0.2) is 44.3 Å². The summed E-state index contributed by atoms with van der Waals surface area (Å²) in [5.41, 5.74) is -4.72. The minimum absolute atomic E-state index is 0.0460. The molecule has 30 heavy (non-hydrogen) atoms. The van der Waals surface area contributed by atoms with Crippen LogP contribution in [0.1, 0.15) is 58.2 Å². The van der Waals surface area contributed by atoms with Crippen LogP contribution < -0.4 is 0 Å². The van der Waals surface area contributed by atoms with Crippen molar-refractivity contribution in [2.75, 3.05) is 0 Å². The largest absolute Gasteiger partial charge is 0.480 e. The molecule has 8 heteroatoms. The zero-order chi connectivity index (χ0) is 22.6.